The van der Waals surface area contributed by atoms with E-state index in [1.165, 1.54) is 0 Å². The monoisotopic (exact) mass is 417 g/mol. The Bertz CT molecular complexity index is 976. The van der Waals surface area contributed by atoms with E-state index in [1.807, 2.05) is 66.7 Å². The van der Waals surface area contributed by atoms with Crippen molar-refractivity contribution in [2.75, 3.05) is 7.11 Å². The maximum Gasteiger partial charge on any atom is 0.247 e. The van der Waals surface area contributed by atoms with E-state index in [-0.39, 0.29) is 11.8 Å². The molecule has 1 aromatic heterocycles. The lowest BCUT2D eigenvalue weighted by atomic mass is 10.0. The third kappa shape index (κ3) is 5.92. The summed E-state index contributed by atoms with van der Waals surface area (Å²) in [7, 11) is 1.61. The van der Waals surface area contributed by atoms with Gasteiger partial charge in [-0.25, -0.2) is 0 Å². The third-order valence-electron chi connectivity index (χ3n) is 5.00. The van der Waals surface area contributed by atoms with Gasteiger partial charge in [-0.05, 0) is 34.9 Å². The molecule has 1 heterocycles. The van der Waals surface area contributed by atoms with Gasteiger partial charge in [0.05, 0.1) is 7.11 Å². The average Bonchev–Trinajstić information content (AvgIpc) is 2.83. The SMILES string of the molecule is CCC(=O)N(Cc1ccc(OC)cc1)C(C(=O)NCc1cccnc1)c1ccccc1. The van der Waals surface area contributed by atoms with Gasteiger partial charge in [0, 0.05) is 31.9 Å². The Balaban J connectivity index is 1.89. The minimum atomic E-state index is -0.743. The van der Waals surface area contributed by atoms with Crippen LogP contribution in [-0.4, -0.2) is 28.8 Å². The number of hydrogen-bond acceptors (Lipinski definition) is 4. The van der Waals surface area contributed by atoms with Crippen LogP contribution < -0.4 is 10.1 Å². The summed E-state index contributed by atoms with van der Waals surface area (Å²) in [5.41, 5.74) is 2.58. The number of pyridine rings is 1. The molecule has 0 saturated carbocycles. The Morgan fingerprint density at radius 3 is 2.35 bits per heavy atom. The molecule has 31 heavy (non-hydrogen) atoms. The Labute approximate surface area is 182 Å². The van der Waals surface area contributed by atoms with Crippen LogP contribution in [-0.2, 0) is 22.7 Å². The molecular weight excluding hydrogens is 390 g/mol. The fraction of sp³-hybridized carbons (Fsp3) is 0.240. The minimum absolute atomic E-state index is 0.0961. The zero-order valence-electron chi connectivity index (χ0n) is 17.8. The first kappa shape index (κ1) is 22.0. The molecule has 0 spiro atoms. The van der Waals surface area contributed by atoms with Crippen LogP contribution in [0.4, 0.5) is 0 Å². The van der Waals surface area contributed by atoms with E-state index in [0.29, 0.717) is 19.5 Å². The van der Waals surface area contributed by atoms with Crippen LogP contribution in [0, 0.1) is 0 Å². The number of hydrogen-bond donors (Lipinski definition) is 1. The second kappa shape index (κ2) is 10.9. The minimum Gasteiger partial charge on any atom is -0.497 e. The fourth-order valence-corrected chi connectivity index (χ4v) is 3.35. The van der Waals surface area contributed by atoms with Crippen molar-refractivity contribution in [2.24, 2.45) is 0 Å². The molecule has 1 N–H and O–H groups in total. The summed E-state index contributed by atoms with van der Waals surface area (Å²) in [6, 6.07) is 19.9. The van der Waals surface area contributed by atoms with Gasteiger partial charge in [-0.15, -0.1) is 0 Å². The lowest BCUT2D eigenvalue weighted by molar-refractivity contribution is -0.141. The highest BCUT2D eigenvalue weighted by Crippen LogP contribution is 2.25. The summed E-state index contributed by atoms with van der Waals surface area (Å²) < 4.78 is 5.22. The van der Waals surface area contributed by atoms with E-state index in [4.69, 9.17) is 4.74 Å². The van der Waals surface area contributed by atoms with Gasteiger partial charge in [-0.3, -0.25) is 14.6 Å². The molecule has 6 nitrogen and oxygen atoms in total. The molecule has 0 saturated heterocycles. The topological polar surface area (TPSA) is 71.5 Å². The molecule has 0 fully saturated rings. The van der Waals surface area contributed by atoms with Crippen molar-refractivity contribution in [2.45, 2.75) is 32.5 Å². The number of aromatic nitrogens is 1. The molecule has 0 aliphatic heterocycles. The molecule has 2 amide bonds. The Morgan fingerprint density at radius 1 is 1.00 bits per heavy atom. The summed E-state index contributed by atoms with van der Waals surface area (Å²) in [4.78, 5) is 32.0. The van der Waals surface area contributed by atoms with Crippen molar-refractivity contribution in [3.8, 4) is 5.75 Å². The maximum absolute atomic E-state index is 13.3. The van der Waals surface area contributed by atoms with Crippen LogP contribution in [0.15, 0.2) is 79.1 Å². The van der Waals surface area contributed by atoms with Crippen LogP contribution >= 0.6 is 0 Å². The number of methoxy groups -OCH3 is 1. The predicted octanol–water partition coefficient (Wildman–Crippen LogP) is 3.89. The molecule has 2 aromatic carbocycles. The summed E-state index contributed by atoms with van der Waals surface area (Å²) in [6.45, 7) is 2.46. The quantitative estimate of drug-likeness (QED) is 0.573. The number of ether oxygens (including phenoxy) is 1. The van der Waals surface area contributed by atoms with E-state index in [2.05, 4.69) is 10.3 Å². The third-order valence-corrected chi connectivity index (χ3v) is 5.00. The van der Waals surface area contributed by atoms with Crippen LogP contribution in [0.3, 0.4) is 0 Å². The number of amides is 2. The smallest absolute Gasteiger partial charge is 0.247 e. The second-order valence-corrected chi connectivity index (χ2v) is 7.12. The summed E-state index contributed by atoms with van der Waals surface area (Å²) in [5.74, 6) is 0.414. The number of carbonyl (C=O) groups excluding carboxylic acids is 2. The molecule has 3 rings (SSSR count). The summed E-state index contributed by atoms with van der Waals surface area (Å²) >= 11 is 0. The van der Waals surface area contributed by atoms with E-state index >= 15 is 0 Å². The zero-order chi connectivity index (χ0) is 22.1. The highest BCUT2D eigenvalue weighted by molar-refractivity contribution is 5.88. The number of rotatable bonds is 9. The Morgan fingerprint density at radius 2 is 1.74 bits per heavy atom. The molecular formula is C25H27N3O3. The van der Waals surface area contributed by atoms with Crippen molar-refractivity contribution in [1.29, 1.82) is 0 Å². The molecule has 3 aromatic rings. The summed E-state index contributed by atoms with van der Waals surface area (Å²) in [6.07, 6.45) is 3.70. The fourth-order valence-electron chi connectivity index (χ4n) is 3.35. The second-order valence-electron chi connectivity index (χ2n) is 7.12. The average molecular weight is 418 g/mol. The first-order chi connectivity index (χ1) is 15.1. The van der Waals surface area contributed by atoms with Crippen molar-refractivity contribution >= 4 is 11.8 Å². The largest absolute Gasteiger partial charge is 0.497 e. The van der Waals surface area contributed by atoms with E-state index in [0.717, 1.165) is 22.4 Å². The predicted molar refractivity (Wildman–Crippen MR) is 119 cm³/mol. The standard InChI is InChI=1S/C25H27N3O3/c1-3-23(29)28(18-19-11-13-22(31-2)14-12-19)24(21-9-5-4-6-10-21)25(30)27-17-20-8-7-15-26-16-20/h4-16,24H,3,17-18H2,1-2H3,(H,27,30). The highest BCUT2D eigenvalue weighted by Gasteiger charge is 2.30. The molecule has 160 valence electrons. The molecule has 0 bridgehead atoms. The lowest BCUT2D eigenvalue weighted by Crippen LogP contribution is -2.43. The van der Waals surface area contributed by atoms with Crippen molar-refractivity contribution in [3.05, 3.63) is 95.8 Å². The molecule has 1 atom stereocenters. The highest BCUT2D eigenvalue weighted by atomic mass is 16.5. The maximum atomic E-state index is 13.3. The van der Waals surface area contributed by atoms with Crippen molar-refractivity contribution in [1.82, 2.24) is 15.2 Å². The van der Waals surface area contributed by atoms with Crippen LogP contribution in [0.1, 0.15) is 36.1 Å². The number of nitrogens with zero attached hydrogens (tertiary/aromatic N) is 2. The van der Waals surface area contributed by atoms with E-state index in [1.54, 1.807) is 31.3 Å². The lowest BCUT2D eigenvalue weighted by Gasteiger charge is -2.31. The van der Waals surface area contributed by atoms with Gasteiger partial charge in [-0.1, -0.05) is 55.5 Å². The van der Waals surface area contributed by atoms with Gasteiger partial charge in [0.1, 0.15) is 11.8 Å². The molecule has 6 heteroatoms. The van der Waals surface area contributed by atoms with Crippen LogP contribution in [0.5, 0.6) is 5.75 Å². The molecule has 0 aliphatic rings. The van der Waals surface area contributed by atoms with Crippen molar-refractivity contribution < 1.29 is 14.3 Å². The van der Waals surface area contributed by atoms with Gasteiger partial charge in [0.25, 0.3) is 0 Å². The normalized spacial score (nSPS) is 11.4. The summed E-state index contributed by atoms with van der Waals surface area (Å²) in [5, 5.41) is 2.97. The van der Waals surface area contributed by atoms with Crippen LogP contribution in [0.25, 0.3) is 0 Å². The molecule has 0 aliphatic carbocycles. The van der Waals surface area contributed by atoms with Gasteiger partial charge < -0.3 is 15.0 Å². The van der Waals surface area contributed by atoms with Gasteiger partial charge in [0.15, 0.2) is 0 Å². The first-order valence-corrected chi connectivity index (χ1v) is 10.3. The number of benzene rings is 2. The molecule has 0 radical (unpaired) electrons. The van der Waals surface area contributed by atoms with Gasteiger partial charge in [-0.2, -0.15) is 0 Å². The van der Waals surface area contributed by atoms with E-state index < -0.39 is 6.04 Å². The van der Waals surface area contributed by atoms with Crippen molar-refractivity contribution in [3.63, 3.8) is 0 Å². The Kier molecular flexibility index (Phi) is 7.76. The zero-order valence-corrected chi connectivity index (χ0v) is 17.8. The number of nitrogens with one attached hydrogen (secondary N) is 1. The van der Waals surface area contributed by atoms with Gasteiger partial charge in [0.2, 0.25) is 11.8 Å². The first-order valence-electron chi connectivity index (χ1n) is 10.3. The van der Waals surface area contributed by atoms with Crippen LogP contribution in [0.2, 0.25) is 0 Å². The number of carbonyl (C=O) groups is 2. The Hall–Kier alpha value is -3.67. The van der Waals surface area contributed by atoms with Gasteiger partial charge >= 0.3 is 0 Å². The molecule has 1 unspecified atom stereocenters. The van der Waals surface area contributed by atoms with E-state index in [9.17, 15) is 9.59 Å².